The van der Waals surface area contributed by atoms with Crippen LogP contribution in [0.2, 0.25) is 0 Å². The van der Waals surface area contributed by atoms with E-state index in [2.05, 4.69) is 29.0 Å². The minimum absolute atomic E-state index is 0.0673. The highest BCUT2D eigenvalue weighted by atomic mass is 19.3. The number of carbonyl (C=O) groups is 3. The highest BCUT2D eigenvalue weighted by Gasteiger charge is 2.44. The third-order valence-electron chi connectivity index (χ3n) is 4.41. The largest absolute Gasteiger partial charge is 0.338 e. The van der Waals surface area contributed by atoms with Crippen LogP contribution in [0, 0.1) is 23.7 Å². The van der Waals surface area contributed by atoms with Crippen molar-refractivity contribution in [3.8, 4) is 23.7 Å². The van der Waals surface area contributed by atoms with Crippen molar-refractivity contribution >= 4 is 18.1 Å². The number of rotatable bonds is 6. The Hall–Kier alpha value is -4.05. The molecule has 5 N–H and O–H groups in total. The van der Waals surface area contributed by atoms with E-state index in [4.69, 9.17) is 10.9 Å². The van der Waals surface area contributed by atoms with Crippen molar-refractivity contribution in [2.75, 3.05) is 0 Å². The van der Waals surface area contributed by atoms with Crippen LogP contribution >= 0.6 is 0 Å². The lowest BCUT2D eigenvalue weighted by Crippen LogP contribution is -2.66. The van der Waals surface area contributed by atoms with Crippen molar-refractivity contribution in [2.45, 2.75) is 24.9 Å². The Morgan fingerprint density at radius 3 is 1.97 bits per heavy atom. The number of aldehydes is 1. The molecule has 2 atom stereocenters. The van der Waals surface area contributed by atoms with Gasteiger partial charge in [-0.25, -0.2) is 14.3 Å². The fourth-order valence-electron chi connectivity index (χ4n) is 2.47. The van der Waals surface area contributed by atoms with Gasteiger partial charge in [-0.1, -0.05) is 24.0 Å². The van der Waals surface area contributed by atoms with E-state index in [9.17, 15) is 23.2 Å². The van der Waals surface area contributed by atoms with Gasteiger partial charge < -0.3 is 11.1 Å². The number of nitrogens with one attached hydrogen (secondary N) is 2. The molecule has 164 valence electrons. The van der Waals surface area contributed by atoms with Crippen LogP contribution in [0.5, 0.6) is 0 Å². The molecule has 2 aromatic carbocycles. The van der Waals surface area contributed by atoms with Crippen molar-refractivity contribution in [2.24, 2.45) is 5.73 Å². The number of benzene rings is 2. The molecule has 0 spiro atoms. The number of hydrogen-bond acceptors (Lipinski definition) is 5. The summed E-state index contributed by atoms with van der Waals surface area (Å²) in [6.07, 6.45) is -2.41. The molecule has 2 amide bonds. The zero-order chi connectivity index (χ0) is 23.7. The monoisotopic (exact) mass is 439 g/mol. The average molecular weight is 439 g/mol. The SMILES string of the molecule is CC(N)(C(F)F)C(NC(=O)c1ccc(C#CC#Cc2ccc(C=O)cc2)cc1)C(=O)NO. The van der Waals surface area contributed by atoms with Crippen molar-refractivity contribution < 1.29 is 28.4 Å². The standard InChI is InChI=1S/C23H19F2N3O4/c1-23(26,22(24)25)19(21(31)28-32)27-20(30)18-12-10-16(11-13-18)5-3-2-4-15-6-8-17(14-29)9-7-15/h6-14,19,22,32H,26H2,1H3,(H,27,30)(H,28,31). The van der Waals surface area contributed by atoms with Gasteiger partial charge in [0.25, 0.3) is 18.2 Å². The van der Waals surface area contributed by atoms with Gasteiger partial charge in [-0.2, -0.15) is 0 Å². The van der Waals surface area contributed by atoms with Gasteiger partial charge in [-0.15, -0.1) is 0 Å². The third-order valence-corrected chi connectivity index (χ3v) is 4.41. The molecule has 0 aliphatic carbocycles. The van der Waals surface area contributed by atoms with E-state index >= 15 is 0 Å². The van der Waals surface area contributed by atoms with E-state index < -0.39 is 29.8 Å². The third kappa shape index (κ3) is 6.22. The number of nitrogens with two attached hydrogens (primary N) is 1. The summed E-state index contributed by atoms with van der Waals surface area (Å²) in [6.45, 7) is 0.883. The van der Waals surface area contributed by atoms with E-state index in [1.165, 1.54) is 29.7 Å². The smallest absolute Gasteiger partial charge is 0.268 e. The number of halogens is 2. The molecule has 0 saturated heterocycles. The number of amides is 2. The van der Waals surface area contributed by atoms with Gasteiger partial charge >= 0.3 is 0 Å². The minimum atomic E-state index is -3.15. The van der Waals surface area contributed by atoms with Crippen molar-refractivity contribution in [3.05, 3.63) is 70.8 Å². The van der Waals surface area contributed by atoms with Crippen LogP contribution in [-0.2, 0) is 4.79 Å². The molecule has 9 heteroatoms. The van der Waals surface area contributed by atoms with Gasteiger partial charge in [0.2, 0.25) is 0 Å². The molecule has 0 aliphatic heterocycles. The summed E-state index contributed by atoms with van der Waals surface area (Å²) in [7, 11) is 0. The Kier molecular flexibility index (Phi) is 8.19. The van der Waals surface area contributed by atoms with Crippen LogP contribution in [0.4, 0.5) is 8.78 Å². The summed E-state index contributed by atoms with van der Waals surface area (Å²) in [5, 5.41) is 10.9. The number of hydroxylamine groups is 1. The molecule has 7 nitrogen and oxygen atoms in total. The lowest BCUT2D eigenvalue weighted by atomic mass is 9.92. The Balaban J connectivity index is 2.09. The Morgan fingerprint density at radius 2 is 1.53 bits per heavy atom. The number of carbonyl (C=O) groups excluding carboxylic acids is 3. The van der Waals surface area contributed by atoms with Gasteiger partial charge in [0.05, 0.1) is 0 Å². The lowest BCUT2D eigenvalue weighted by molar-refractivity contribution is -0.134. The van der Waals surface area contributed by atoms with Crippen molar-refractivity contribution in [1.29, 1.82) is 0 Å². The topological polar surface area (TPSA) is 122 Å². The number of hydrogen-bond donors (Lipinski definition) is 4. The van der Waals surface area contributed by atoms with Crippen LogP contribution < -0.4 is 16.5 Å². The molecule has 0 aliphatic rings. The quantitative estimate of drug-likeness (QED) is 0.235. The zero-order valence-corrected chi connectivity index (χ0v) is 16.9. The molecule has 2 unspecified atom stereocenters. The normalized spacial score (nSPS) is 12.8. The molecule has 2 rings (SSSR count). The summed E-state index contributed by atoms with van der Waals surface area (Å²) in [6, 6.07) is 10.6. The Labute approximate surface area is 183 Å². The summed E-state index contributed by atoms with van der Waals surface area (Å²) >= 11 is 0. The molecule has 0 radical (unpaired) electrons. The Bertz CT molecular complexity index is 1110. The fraction of sp³-hybridized carbons (Fsp3) is 0.174. The van der Waals surface area contributed by atoms with Gasteiger partial charge in [0.1, 0.15) is 17.9 Å². The predicted molar refractivity (Wildman–Crippen MR) is 112 cm³/mol. The second kappa shape index (κ2) is 10.8. The summed E-state index contributed by atoms with van der Waals surface area (Å²) in [5.74, 6) is 8.81. The zero-order valence-electron chi connectivity index (χ0n) is 16.9. The minimum Gasteiger partial charge on any atom is -0.338 e. The predicted octanol–water partition coefficient (Wildman–Crippen LogP) is 1.49. The van der Waals surface area contributed by atoms with Crippen LogP contribution in [0.3, 0.4) is 0 Å². The van der Waals surface area contributed by atoms with Gasteiger partial charge in [0, 0.05) is 22.3 Å². The Morgan fingerprint density at radius 1 is 1.03 bits per heavy atom. The molecule has 0 heterocycles. The van der Waals surface area contributed by atoms with Crippen LogP contribution in [-0.4, -0.2) is 41.3 Å². The summed E-state index contributed by atoms with van der Waals surface area (Å²) < 4.78 is 26.4. The highest BCUT2D eigenvalue weighted by Crippen LogP contribution is 2.18. The van der Waals surface area contributed by atoms with Crippen LogP contribution in [0.15, 0.2) is 48.5 Å². The first-order chi connectivity index (χ1) is 15.2. The van der Waals surface area contributed by atoms with E-state index in [1.807, 2.05) is 0 Å². The maximum absolute atomic E-state index is 13.2. The molecule has 0 saturated carbocycles. The van der Waals surface area contributed by atoms with Gasteiger partial charge in [0.15, 0.2) is 0 Å². The molecular formula is C23H19F2N3O4. The molecule has 0 fully saturated rings. The lowest BCUT2D eigenvalue weighted by Gasteiger charge is -2.32. The first-order valence-corrected chi connectivity index (χ1v) is 9.18. The van der Waals surface area contributed by atoms with E-state index in [-0.39, 0.29) is 5.56 Å². The van der Waals surface area contributed by atoms with Gasteiger partial charge in [-0.05, 0) is 55.2 Å². The second-order valence-electron chi connectivity index (χ2n) is 6.87. The highest BCUT2D eigenvalue weighted by molar-refractivity contribution is 5.98. The van der Waals surface area contributed by atoms with Crippen molar-refractivity contribution in [3.63, 3.8) is 0 Å². The number of alkyl halides is 2. The van der Waals surface area contributed by atoms with Crippen LogP contribution in [0.1, 0.15) is 38.8 Å². The first kappa shape index (κ1) is 24.2. The maximum Gasteiger partial charge on any atom is 0.268 e. The molecular weight excluding hydrogens is 420 g/mol. The second-order valence-corrected chi connectivity index (χ2v) is 6.87. The average Bonchev–Trinajstić information content (AvgIpc) is 2.80. The van der Waals surface area contributed by atoms with Crippen molar-refractivity contribution in [1.82, 2.24) is 10.8 Å². The molecule has 0 bridgehead atoms. The summed E-state index contributed by atoms with van der Waals surface area (Å²) in [4.78, 5) is 34.7. The van der Waals surface area contributed by atoms with E-state index in [0.29, 0.717) is 16.7 Å². The first-order valence-electron chi connectivity index (χ1n) is 9.18. The van der Waals surface area contributed by atoms with Gasteiger partial charge in [-0.3, -0.25) is 19.6 Å². The molecule has 0 aromatic heterocycles. The molecule has 2 aromatic rings. The van der Waals surface area contributed by atoms with E-state index in [1.54, 1.807) is 24.3 Å². The van der Waals surface area contributed by atoms with Crippen LogP contribution in [0.25, 0.3) is 0 Å². The maximum atomic E-state index is 13.2. The fourth-order valence-corrected chi connectivity index (χ4v) is 2.47. The molecule has 32 heavy (non-hydrogen) atoms. The summed E-state index contributed by atoms with van der Waals surface area (Å²) in [5.41, 5.74) is 6.11. The van der Waals surface area contributed by atoms with E-state index in [0.717, 1.165) is 13.2 Å².